The molecule has 36 heavy (non-hydrogen) atoms. The fraction of sp³-hybridized carbons (Fsp3) is 0.138. The zero-order valence-corrected chi connectivity index (χ0v) is 21.2. The SMILES string of the molecule is CCSc1nc2c(sc3nc4c(c(-c5ccco5)c32)CCc2ccccc2-4)c(=O)n1-c1ccccc1. The van der Waals surface area contributed by atoms with Crippen molar-refractivity contribution in [1.29, 1.82) is 0 Å². The molecule has 0 atom stereocenters. The highest BCUT2D eigenvalue weighted by molar-refractivity contribution is 7.99. The molecule has 0 spiro atoms. The van der Waals surface area contributed by atoms with Crippen LogP contribution in [-0.4, -0.2) is 20.3 Å². The van der Waals surface area contributed by atoms with Gasteiger partial charge in [-0.1, -0.05) is 61.2 Å². The van der Waals surface area contributed by atoms with Crippen LogP contribution in [0.2, 0.25) is 0 Å². The molecule has 0 saturated heterocycles. The summed E-state index contributed by atoms with van der Waals surface area (Å²) in [6.07, 6.45) is 3.51. The Hall–Kier alpha value is -3.68. The zero-order valence-electron chi connectivity index (χ0n) is 19.5. The van der Waals surface area contributed by atoms with E-state index >= 15 is 0 Å². The Morgan fingerprint density at radius 3 is 2.64 bits per heavy atom. The van der Waals surface area contributed by atoms with Crippen molar-refractivity contribution in [1.82, 2.24) is 14.5 Å². The predicted octanol–water partition coefficient (Wildman–Crippen LogP) is 7.13. The van der Waals surface area contributed by atoms with Gasteiger partial charge in [0, 0.05) is 16.5 Å². The van der Waals surface area contributed by atoms with Crippen LogP contribution in [0, 0.1) is 0 Å². The quantitative estimate of drug-likeness (QED) is 0.188. The first-order valence-corrected chi connectivity index (χ1v) is 13.8. The average molecular weight is 508 g/mol. The molecule has 4 heterocycles. The van der Waals surface area contributed by atoms with E-state index in [1.807, 2.05) is 42.5 Å². The Labute approximate surface area is 215 Å². The van der Waals surface area contributed by atoms with Gasteiger partial charge < -0.3 is 4.42 Å². The van der Waals surface area contributed by atoms with Gasteiger partial charge in [-0.25, -0.2) is 9.97 Å². The molecule has 1 aliphatic carbocycles. The van der Waals surface area contributed by atoms with Gasteiger partial charge in [-0.15, -0.1) is 11.3 Å². The number of aromatic nitrogens is 3. The van der Waals surface area contributed by atoms with Crippen LogP contribution in [0.25, 0.3) is 48.7 Å². The first-order valence-electron chi connectivity index (χ1n) is 12.0. The van der Waals surface area contributed by atoms with Crippen LogP contribution in [0.1, 0.15) is 18.1 Å². The lowest BCUT2D eigenvalue weighted by atomic mass is 9.85. The Bertz CT molecular complexity index is 1820. The van der Waals surface area contributed by atoms with Crippen molar-refractivity contribution in [2.24, 2.45) is 0 Å². The van der Waals surface area contributed by atoms with Gasteiger partial charge in [0.05, 0.1) is 23.2 Å². The van der Waals surface area contributed by atoms with E-state index in [9.17, 15) is 4.79 Å². The van der Waals surface area contributed by atoms with E-state index in [0.717, 1.165) is 62.6 Å². The van der Waals surface area contributed by atoms with E-state index in [1.165, 1.54) is 16.9 Å². The minimum atomic E-state index is -0.0612. The largest absolute Gasteiger partial charge is 0.464 e. The van der Waals surface area contributed by atoms with E-state index < -0.39 is 0 Å². The number of pyridine rings is 1. The van der Waals surface area contributed by atoms with Gasteiger partial charge >= 0.3 is 0 Å². The second-order valence-electron chi connectivity index (χ2n) is 8.71. The molecule has 0 aliphatic heterocycles. The summed E-state index contributed by atoms with van der Waals surface area (Å²) in [5, 5.41) is 1.60. The maximum absolute atomic E-state index is 14.0. The number of thioether (sulfide) groups is 1. The molecule has 4 aromatic heterocycles. The first kappa shape index (κ1) is 21.6. The monoisotopic (exact) mass is 507 g/mol. The van der Waals surface area contributed by atoms with Gasteiger partial charge in [0.15, 0.2) is 5.16 Å². The molecule has 5 nitrogen and oxygen atoms in total. The number of benzene rings is 2. The second kappa shape index (κ2) is 8.47. The number of rotatable bonds is 4. The topological polar surface area (TPSA) is 60.9 Å². The summed E-state index contributed by atoms with van der Waals surface area (Å²) in [6, 6.07) is 22.1. The fourth-order valence-electron chi connectivity index (χ4n) is 5.16. The van der Waals surface area contributed by atoms with Gasteiger partial charge in [-0.2, -0.15) is 0 Å². The standard InChI is InChI=1S/C29H21N3O2S2/c1-2-35-29-31-25-23-22(21-13-8-16-34-21)20-15-14-17-9-6-7-12-19(17)24(20)30-27(23)36-26(25)28(33)32(29)18-10-4-3-5-11-18/h3-13,16H,2,14-15H2,1H3. The highest BCUT2D eigenvalue weighted by Gasteiger charge is 2.28. The summed E-state index contributed by atoms with van der Waals surface area (Å²) in [6.45, 7) is 2.08. The van der Waals surface area contributed by atoms with Crippen molar-refractivity contribution in [3.63, 3.8) is 0 Å². The minimum Gasteiger partial charge on any atom is -0.464 e. The molecular formula is C29H21N3O2S2. The highest BCUT2D eigenvalue weighted by atomic mass is 32.2. The number of hydrogen-bond donors (Lipinski definition) is 0. The summed E-state index contributed by atoms with van der Waals surface area (Å²) >= 11 is 3.00. The summed E-state index contributed by atoms with van der Waals surface area (Å²) < 4.78 is 8.31. The van der Waals surface area contributed by atoms with Gasteiger partial charge in [0.25, 0.3) is 5.56 Å². The van der Waals surface area contributed by atoms with Gasteiger partial charge in [0.1, 0.15) is 15.3 Å². The van der Waals surface area contributed by atoms with Crippen LogP contribution in [0.15, 0.2) is 87.4 Å². The molecule has 0 saturated carbocycles. The molecule has 0 N–H and O–H groups in total. The number of para-hydroxylation sites is 1. The summed E-state index contributed by atoms with van der Waals surface area (Å²) in [5.74, 6) is 1.60. The minimum absolute atomic E-state index is 0.0612. The van der Waals surface area contributed by atoms with Crippen molar-refractivity contribution in [3.8, 4) is 28.3 Å². The van der Waals surface area contributed by atoms with E-state index in [-0.39, 0.29) is 5.56 Å². The lowest BCUT2D eigenvalue weighted by Crippen LogP contribution is -2.20. The number of thiophene rings is 1. The van der Waals surface area contributed by atoms with Crippen molar-refractivity contribution < 1.29 is 4.42 Å². The molecule has 0 radical (unpaired) electrons. The summed E-state index contributed by atoms with van der Waals surface area (Å²) in [5.41, 5.74) is 7.08. The lowest BCUT2D eigenvalue weighted by Gasteiger charge is -2.21. The van der Waals surface area contributed by atoms with Crippen LogP contribution in [0.4, 0.5) is 0 Å². The van der Waals surface area contributed by atoms with Crippen LogP contribution < -0.4 is 5.56 Å². The van der Waals surface area contributed by atoms with Crippen molar-refractivity contribution in [2.75, 3.05) is 5.75 Å². The molecular weight excluding hydrogens is 486 g/mol. The Kier molecular flexibility index (Phi) is 5.08. The maximum atomic E-state index is 14.0. The number of fused-ring (bicyclic) bond motifs is 6. The van der Waals surface area contributed by atoms with Gasteiger partial charge in [0.2, 0.25) is 0 Å². The van der Waals surface area contributed by atoms with E-state index in [0.29, 0.717) is 15.4 Å². The Balaban J connectivity index is 1.63. The third-order valence-electron chi connectivity index (χ3n) is 6.68. The molecule has 6 aromatic rings. The van der Waals surface area contributed by atoms with Crippen LogP contribution in [0.3, 0.4) is 0 Å². The molecule has 0 unspecified atom stereocenters. The number of hydrogen-bond acceptors (Lipinski definition) is 6. The third-order valence-corrected chi connectivity index (χ3v) is 8.57. The van der Waals surface area contributed by atoms with Crippen molar-refractivity contribution >= 4 is 43.5 Å². The average Bonchev–Trinajstić information content (AvgIpc) is 3.57. The van der Waals surface area contributed by atoms with E-state index in [4.69, 9.17) is 14.4 Å². The first-order chi connectivity index (χ1) is 17.7. The third kappa shape index (κ3) is 3.20. The van der Waals surface area contributed by atoms with Gasteiger partial charge in [-0.05, 0) is 54.0 Å². The molecule has 7 rings (SSSR count). The normalized spacial score (nSPS) is 12.7. The Morgan fingerprint density at radius 1 is 1.00 bits per heavy atom. The van der Waals surface area contributed by atoms with E-state index in [1.54, 1.807) is 22.6 Å². The molecule has 1 aliphatic rings. The van der Waals surface area contributed by atoms with Crippen LogP contribution in [-0.2, 0) is 12.8 Å². The smallest absolute Gasteiger partial charge is 0.276 e. The van der Waals surface area contributed by atoms with E-state index in [2.05, 4.69) is 31.2 Å². The molecule has 7 heteroatoms. The predicted molar refractivity (Wildman–Crippen MR) is 147 cm³/mol. The maximum Gasteiger partial charge on any atom is 0.276 e. The number of aryl methyl sites for hydroxylation is 1. The summed E-state index contributed by atoms with van der Waals surface area (Å²) in [4.78, 5) is 25.1. The molecule has 0 bridgehead atoms. The lowest BCUT2D eigenvalue weighted by molar-refractivity contribution is 0.582. The van der Waals surface area contributed by atoms with Crippen molar-refractivity contribution in [3.05, 3.63) is 94.5 Å². The van der Waals surface area contributed by atoms with Crippen molar-refractivity contribution in [2.45, 2.75) is 24.9 Å². The molecule has 2 aromatic carbocycles. The van der Waals surface area contributed by atoms with Gasteiger partial charge in [-0.3, -0.25) is 9.36 Å². The summed E-state index contributed by atoms with van der Waals surface area (Å²) in [7, 11) is 0. The van der Waals surface area contributed by atoms with Crippen LogP contribution in [0.5, 0.6) is 0 Å². The molecule has 0 amide bonds. The fourth-order valence-corrected chi connectivity index (χ4v) is 6.94. The Morgan fingerprint density at radius 2 is 1.83 bits per heavy atom. The second-order valence-corrected chi connectivity index (χ2v) is 10.9. The molecule has 176 valence electrons. The highest BCUT2D eigenvalue weighted by Crippen LogP contribution is 2.45. The molecule has 0 fully saturated rings. The zero-order chi connectivity index (χ0) is 24.2. The van der Waals surface area contributed by atoms with Crippen LogP contribution >= 0.6 is 23.1 Å². The number of furan rings is 1. The number of nitrogens with zero attached hydrogens (tertiary/aromatic N) is 3.